The van der Waals surface area contributed by atoms with Crippen molar-refractivity contribution in [2.75, 3.05) is 13.1 Å². The lowest BCUT2D eigenvalue weighted by molar-refractivity contribution is 0.455. The second-order valence-electron chi connectivity index (χ2n) is 3.41. The second-order valence-corrected chi connectivity index (χ2v) is 3.82. The fraction of sp³-hybridized carbons (Fsp3) is 0.500. The van der Waals surface area contributed by atoms with Crippen LogP contribution in [-0.4, -0.2) is 18.1 Å². The summed E-state index contributed by atoms with van der Waals surface area (Å²) in [7, 11) is 0. The zero-order valence-electron chi connectivity index (χ0n) is 7.46. The average molecular weight is 197 g/mol. The molecule has 0 radical (unpaired) electrons. The van der Waals surface area contributed by atoms with Crippen LogP contribution < -0.4 is 5.32 Å². The average Bonchev–Trinajstić information content (AvgIpc) is 2.20. The van der Waals surface area contributed by atoms with Gasteiger partial charge in [-0.25, -0.2) is 0 Å². The smallest absolute Gasteiger partial charge is 0.0633 e. The normalized spacial score (nSPS) is 23.0. The van der Waals surface area contributed by atoms with Gasteiger partial charge in [-0.05, 0) is 31.5 Å². The van der Waals surface area contributed by atoms with E-state index in [4.69, 9.17) is 11.6 Å². The van der Waals surface area contributed by atoms with Gasteiger partial charge in [0.05, 0.1) is 10.7 Å². The van der Waals surface area contributed by atoms with Crippen molar-refractivity contribution in [1.82, 2.24) is 10.3 Å². The first-order valence-electron chi connectivity index (χ1n) is 4.69. The van der Waals surface area contributed by atoms with Gasteiger partial charge in [-0.15, -0.1) is 0 Å². The number of pyridine rings is 1. The Labute approximate surface area is 83.3 Å². The number of rotatable bonds is 1. The predicted octanol–water partition coefficient (Wildman–Crippen LogP) is 2.20. The summed E-state index contributed by atoms with van der Waals surface area (Å²) in [6.07, 6.45) is 4.23. The minimum absolute atomic E-state index is 0.502. The van der Waals surface area contributed by atoms with Crippen LogP contribution in [0.4, 0.5) is 0 Å². The van der Waals surface area contributed by atoms with Gasteiger partial charge >= 0.3 is 0 Å². The highest BCUT2D eigenvalue weighted by Gasteiger charge is 2.18. The summed E-state index contributed by atoms with van der Waals surface area (Å²) in [5, 5.41) is 4.16. The van der Waals surface area contributed by atoms with Crippen LogP contribution in [0.2, 0.25) is 5.02 Å². The van der Waals surface area contributed by atoms with Crippen LogP contribution >= 0.6 is 11.6 Å². The van der Waals surface area contributed by atoms with Crippen LogP contribution in [-0.2, 0) is 0 Å². The molecule has 1 aliphatic rings. The molecule has 70 valence electrons. The van der Waals surface area contributed by atoms with Crippen LogP contribution in [0.1, 0.15) is 24.5 Å². The van der Waals surface area contributed by atoms with Gasteiger partial charge in [-0.3, -0.25) is 4.98 Å². The number of hydrogen-bond acceptors (Lipinski definition) is 2. The van der Waals surface area contributed by atoms with Gasteiger partial charge in [0.1, 0.15) is 0 Å². The molecule has 1 aliphatic heterocycles. The van der Waals surface area contributed by atoms with Gasteiger partial charge in [0.2, 0.25) is 0 Å². The molecule has 1 aromatic rings. The number of piperidine rings is 1. The Morgan fingerprint density at radius 3 is 3.15 bits per heavy atom. The van der Waals surface area contributed by atoms with E-state index in [9.17, 15) is 0 Å². The second kappa shape index (κ2) is 4.07. The predicted molar refractivity (Wildman–Crippen MR) is 54.1 cm³/mol. The summed E-state index contributed by atoms with van der Waals surface area (Å²) < 4.78 is 0. The summed E-state index contributed by atoms with van der Waals surface area (Å²) >= 11 is 6.07. The number of nitrogens with one attached hydrogen (secondary N) is 1. The first kappa shape index (κ1) is 8.97. The highest BCUT2D eigenvalue weighted by atomic mass is 35.5. The van der Waals surface area contributed by atoms with Crippen molar-refractivity contribution in [3.05, 3.63) is 29.0 Å². The van der Waals surface area contributed by atoms with Crippen molar-refractivity contribution in [1.29, 1.82) is 0 Å². The number of aromatic nitrogens is 1. The maximum Gasteiger partial charge on any atom is 0.0633 e. The van der Waals surface area contributed by atoms with Gasteiger partial charge < -0.3 is 5.32 Å². The topological polar surface area (TPSA) is 24.9 Å². The number of hydrogen-bond donors (Lipinski definition) is 1. The molecule has 0 spiro atoms. The molecule has 0 aromatic carbocycles. The van der Waals surface area contributed by atoms with Gasteiger partial charge in [0.25, 0.3) is 0 Å². The third-order valence-corrected chi connectivity index (χ3v) is 2.79. The molecule has 2 nitrogen and oxygen atoms in total. The minimum atomic E-state index is 0.502. The van der Waals surface area contributed by atoms with Crippen molar-refractivity contribution in [3.63, 3.8) is 0 Å². The quantitative estimate of drug-likeness (QED) is 0.745. The molecule has 1 aromatic heterocycles. The van der Waals surface area contributed by atoms with Gasteiger partial charge in [0.15, 0.2) is 0 Å². The maximum absolute atomic E-state index is 6.07. The van der Waals surface area contributed by atoms with E-state index in [1.807, 2.05) is 18.3 Å². The SMILES string of the molecule is Clc1cccnc1C1CCCNC1. The minimum Gasteiger partial charge on any atom is -0.316 e. The monoisotopic (exact) mass is 196 g/mol. The van der Waals surface area contributed by atoms with E-state index in [0.29, 0.717) is 5.92 Å². The highest BCUT2D eigenvalue weighted by molar-refractivity contribution is 6.31. The first-order chi connectivity index (χ1) is 6.38. The molecule has 3 heteroatoms. The Morgan fingerprint density at radius 1 is 1.54 bits per heavy atom. The molecule has 1 atom stereocenters. The Bertz CT molecular complexity index is 282. The first-order valence-corrected chi connectivity index (χ1v) is 5.07. The molecule has 1 unspecified atom stereocenters. The summed E-state index contributed by atoms with van der Waals surface area (Å²) in [6, 6.07) is 3.79. The summed E-state index contributed by atoms with van der Waals surface area (Å²) in [4.78, 5) is 4.33. The lowest BCUT2D eigenvalue weighted by Gasteiger charge is -2.22. The Kier molecular flexibility index (Phi) is 2.81. The van der Waals surface area contributed by atoms with Crippen molar-refractivity contribution in [3.8, 4) is 0 Å². The molecular weight excluding hydrogens is 184 g/mol. The molecule has 0 saturated carbocycles. The summed E-state index contributed by atoms with van der Waals surface area (Å²) in [6.45, 7) is 2.14. The van der Waals surface area contributed by atoms with Gasteiger partial charge in [-0.1, -0.05) is 11.6 Å². The van der Waals surface area contributed by atoms with E-state index in [1.54, 1.807) is 0 Å². The van der Waals surface area contributed by atoms with Crippen molar-refractivity contribution in [2.45, 2.75) is 18.8 Å². The molecule has 0 aliphatic carbocycles. The third-order valence-electron chi connectivity index (χ3n) is 2.47. The third kappa shape index (κ3) is 2.01. The molecule has 1 N–H and O–H groups in total. The van der Waals surface area contributed by atoms with Gasteiger partial charge in [-0.2, -0.15) is 0 Å². The van der Waals surface area contributed by atoms with Crippen molar-refractivity contribution in [2.24, 2.45) is 0 Å². The van der Waals surface area contributed by atoms with Crippen molar-refractivity contribution < 1.29 is 0 Å². The molecule has 1 fully saturated rings. The van der Waals surface area contributed by atoms with Crippen LogP contribution in [0.3, 0.4) is 0 Å². The van der Waals surface area contributed by atoms with E-state index in [0.717, 1.165) is 23.8 Å². The molecule has 13 heavy (non-hydrogen) atoms. The fourth-order valence-electron chi connectivity index (χ4n) is 1.78. The fourth-order valence-corrected chi connectivity index (χ4v) is 2.06. The molecule has 1 saturated heterocycles. The zero-order valence-corrected chi connectivity index (χ0v) is 8.22. The van der Waals surface area contributed by atoms with Crippen LogP contribution in [0, 0.1) is 0 Å². The molecule has 2 heterocycles. The van der Waals surface area contributed by atoms with Gasteiger partial charge in [0, 0.05) is 18.7 Å². The zero-order chi connectivity index (χ0) is 9.10. The molecule has 2 rings (SSSR count). The summed E-state index contributed by atoms with van der Waals surface area (Å²) in [5.74, 6) is 0.502. The molecular formula is C10H13ClN2. The lowest BCUT2D eigenvalue weighted by atomic mass is 9.96. The van der Waals surface area contributed by atoms with Crippen LogP contribution in [0.25, 0.3) is 0 Å². The van der Waals surface area contributed by atoms with E-state index < -0.39 is 0 Å². The van der Waals surface area contributed by atoms with Crippen LogP contribution in [0.5, 0.6) is 0 Å². The molecule has 0 bridgehead atoms. The van der Waals surface area contributed by atoms with E-state index in [-0.39, 0.29) is 0 Å². The lowest BCUT2D eigenvalue weighted by Crippen LogP contribution is -2.28. The summed E-state index contributed by atoms with van der Waals surface area (Å²) in [5.41, 5.74) is 1.05. The van der Waals surface area contributed by atoms with Crippen molar-refractivity contribution >= 4 is 11.6 Å². The maximum atomic E-state index is 6.07. The number of nitrogens with zero attached hydrogens (tertiary/aromatic N) is 1. The molecule has 0 amide bonds. The number of halogens is 1. The highest BCUT2D eigenvalue weighted by Crippen LogP contribution is 2.26. The van der Waals surface area contributed by atoms with Crippen LogP contribution in [0.15, 0.2) is 18.3 Å². The van der Waals surface area contributed by atoms with E-state index in [1.165, 1.54) is 12.8 Å². The van der Waals surface area contributed by atoms with E-state index >= 15 is 0 Å². The standard InChI is InChI=1S/C10H13ClN2/c11-9-4-2-6-13-10(9)8-3-1-5-12-7-8/h2,4,6,8,12H,1,3,5,7H2. The Morgan fingerprint density at radius 2 is 2.46 bits per heavy atom. The Hall–Kier alpha value is -0.600. The largest absolute Gasteiger partial charge is 0.316 e. The van der Waals surface area contributed by atoms with E-state index in [2.05, 4.69) is 10.3 Å². The Balaban J connectivity index is 2.18.